The van der Waals surface area contributed by atoms with Gasteiger partial charge in [-0.05, 0) is 8.87 Å². The van der Waals surface area contributed by atoms with Crippen molar-refractivity contribution in [1.29, 1.82) is 1.28 Å². The quantitative estimate of drug-likeness (QED) is 0.417. The van der Waals surface area contributed by atoms with Gasteiger partial charge in [0, 0.05) is 20.4 Å². The Balaban J connectivity index is 0. The van der Waals surface area contributed by atoms with Gasteiger partial charge in [0.1, 0.15) is 0 Å². The maximum Gasteiger partial charge on any atom is 0.491 e. The van der Waals surface area contributed by atoms with Crippen molar-refractivity contribution < 1.29 is 65.4 Å². The Morgan fingerprint density at radius 1 is 1.00 bits per heavy atom. The smallest absolute Gasteiger partial charge is 0.397 e. The molecule has 0 fully saturated rings. The van der Waals surface area contributed by atoms with E-state index in [1.54, 1.807) is 0 Å². The molecule has 0 radical (unpaired) electrons. The predicted molar refractivity (Wildman–Crippen MR) is 40.9 cm³/mol. The molecule has 0 aliphatic rings. The molecule has 0 aliphatic carbocycles. The van der Waals surface area contributed by atoms with E-state index < -0.39 is 41.2 Å². The average Bonchev–Trinajstić information content (AvgIpc) is 2.13. The molecule has 0 heterocycles. The zero-order valence-electron chi connectivity index (χ0n) is 8.16. The van der Waals surface area contributed by atoms with Crippen molar-refractivity contribution in [2.45, 2.75) is 12.4 Å². The fourth-order valence-electron chi connectivity index (χ4n) is 0.273. The third-order valence-corrected chi connectivity index (χ3v) is 2.01. The Hall–Kier alpha value is 0.0423. The van der Waals surface area contributed by atoms with Crippen LogP contribution in [0.2, 0.25) is 0 Å². The second kappa shape index (κ2) is 6.84. The maximum absolute atomic E-state index is 11.6. The van der Waals surface area contributed by atoms with E-state index in [0.717, 1.165) is 0 Å². The van der Waals surface area contributed by atoms with Crippen LogP contribution in [0.4, 0.5) is 26.3 Å². The summed E-state index contributed by atoms with van der Waals surface area (Å²) in [7, 11) is -4.69. The van der Waals surface area contributed by atoms with Crippen LogP contribution in [-0.4, -0.2) is 25.6 Å². The Bertz CT molecular complexity index is 281. The summed E-state index contributed by atoms with van der Waals surface area (Å²) >= 11 is 0. The molecule has 1 atom stereocenters. The predicted octanol–water partition coefficient (Wildman–Crippen LogP) is 2.30. The van der Waals surface area contributed by atoms with E-state index in [0.29, 0.717) is 0 Å². The van der Waals surface area contributed by atoms with Crippen molar-refractivity contribution in [3.8, 4) is 0 Å². The molecule has 0 N–H and O–H groups in total. The second-order valence-electron chi connectivity index (χ2n) is 2.01. The van der Waals surface area contributed by atoms with Gasteiger partial charge in [-0.2, -0.15) is 26.3 Å². The first-order valence-electron chi connectivity index (χ1n) is 3.54. The van der Waals surface area contributed by atoms with Gasteiger partial charge in [0.05, 0.1) is 1.28 Å². The van der Waals surface area contributed by atoms with Crippen molar-refractivity contribution >= 4 is 28.9 Å². The number of alkyl halides is 6. The second-order valence-corrected chi connectivity index (χ2v) is 3.98. The van der Waals surface area contributed by atoms with Crippen molar-refractivity contribution in [2.24, 2.45) is 0 Å². The molecule has 0 spiro atoms. The number of hydrogen-bond acceptors (Lipinski definition) is 4. The molecule has 0 aromatic carbocycles. The van der Waals surface area contributed by atoms with Crippen LogP contribution in [0.3, 0.4) is 0 Å². The van der Waals surface area contributed by atoms with Gasteiger partial charge in [0.2, 0.25) is 0 Å². The summed E-state index contributed by atoms with van der Waals surface area (Å²) < 4.78 is 83.1. The minimum atomic E-state index is -5.44. The van der Waals surface area contributed by atoms with E-state index in [1.165, 1.54) is 0 Å². The summed E-state index contributed by atoms with van der Waals surface area (Å²) in [5.74, 6) is -5.64. The van der Waals surface area contributed by atoms with E-state index in [-0.39, 0.29) is 20.4 Å². The molecule has 0 saturated carbocycles. The monoisotopic (exact) mass is 397 g/mol. The first-order chi connectivity index (χ1) is 7.48. The Kier molecular flexibility index (Phi) is 6.85. The molecule has 17 heavy (non-hydrogen) atoms. The maximum atomic E-state index is 11.6. The summed E-state index contributed by atoms with van der Waals surface area (Å²) in [6.45, 7) is 0. The average molecular weight is 397 g/mol. The summed E-state index contributed by atoms with van der Waals surface area (Å²) in [5.41, 5.74) is 0. The van der Waals surface area contributed by atoms with E-state index in [1.807, 2.05) is 0 Å². The summed E-state index contributed by atoms with van der Waals surface area (Å²) in [6.07, 6.45) is -10.9. The van der Waals surface area contributed by atoms with Gasteiger partial charge in [0.25, 0.3) is 0 Å². The van der Waals surface area contributed by atoms with Crippen LogP contribution >= 0.6 is 16.9 Å². The molecule has 0 aromatic rings. The van der Waals surface area contributed by atoms with Gasteiger partial charge >= 0.3 is 32.4 Å². The standard InChI is InChI=1S/C4H2F6O4P2.Pd/c5-3(6,7)1(11)13-16(15)14-2(12)4(8,9)10;/h15H2;/i15D;. The third kappa shape index (κ3) is 7.87. The Morgan fingerprint density at radius 2 is 1.29 bits per heavy atom. The van der Waals surface area contributed by atoms with E-state index in [4.69, 9.17) is 1.28 Å². The van der Waals surface area contributed by atoms with Crippen molar-refractivity contribution in [3.63, 3.8) is 0 Å². The van der Waals surface area contributed by atoms with Crippen LogP contribution in [0.1, 0.15) is 0 Å². The van der Waals surface area contributed by atoms with Crippen molar-refractivity contribution in [3.05, 3.63) is 0 Å². The molecule has 0 amide bonds. The molecule has 4 nitrogen and oxygen atoms in total. The number of hydrogen-bond donors (Lipinski definition) is 0. The topological polar surface area (TPSA) is 52.6 Å². The van der Waals surface area contributed by atoms with Crippen molar-refractivity contribution in [1.82, 2.24) is 0 Å². The molecular formula is C4H2F6O4P2Pd. The Morgan fingerprint density at radius 3 is 1.47 bits per heavy atom. The molecule has 1 unspecified atom stereocenters. The van der Waals surface area contributed by atoms with Gasteiger partial charge in [-0.25, -0.2) is 9.59 Å². The minimum absolute atomic E-state index is 0. The number of rotatable bonds is 3. The molecule has 13 heteroatoms. The van der Waals surface area contributed by atoms with E-state index in [2.05, 4.69) is 9.05 Å². The fraction of sp³-hybridized carbons (Fsp3) is 0.500. The molecule has 104 valence electrons. The van der Waals surface area contributed by atoms with Gasteiger partial charge in [-0.15, -0.1) is 0 Å². The zero-order chi connectivity index (χ0) is 13.9. The van der Waals surface area contributed by atoms with Crippen LogP contribution in [0, 0.1) is 0 Å². The van der Waals surface area contributed by atoms with Gasteiger partial charge in [0.15, 0.2) is 0 Å². The van der Waals surface area contributed by atoms with Crippen LogP contribution in [0.15, 0.2) is 0 Å². The fourth-order valence-corrected chi connectivity index (χ4v) is 1.32. The van der Waals surface area contributed by atoms with Crippen LogP contribution in [-0.2, 0) is 39.1 Å². The molecule has 0 saturated heterocycles. The van der Waals surface area contributed by atoms with Gasteiger partial charge < -0.3 is 9.05 Å². The largest absolute Gasteiger partial charge is 0.491 e. The van der Waals surface area contributed by atoms with Crippen molar-refractivity contribution in [2.75, 3.05) is 0 Å². The zero-order valence-corrected chi connectivity index (χ0v) is 10.6. The normalized spacial score (nSPS) is 13.2. The molecule has 0 rings (SSSR count). The van der Waals surface area contributed by atoms with Gasteiger partial charge in [-0.1, -0.05) is 0 Å². The molecular weight excluding hydrogens is 394 g/mol. The van der Waals surface area contributed by atoms with Gasteiger partial charge in [-0.3, -0.25) is 0 Å². The molecule has 0 aliphatic heterocycles. The molecule has 0 bridgehead atoms. The van der Waals surface area contributed by atoms with E-state index >= 15 is 0 Å². The SMILES string of the molecule is [2H]PP(OC(=O)C(F)(F)F)OC(=O)C(F)(F)F.[Pd]. The number of halogens is 6. The van der Waals surface area contributed by atoms with Crippen LogP contribution in [0.25, 0.3) is 0 Å². The first kappa shape index (κ1) is 17.0. The summed E-state index contributed by atoms with van der Waals surface area (Å²) in [6, 6.07) is 0. The minimum Gasteiger partial charge on any atom is -0.397 e. The van der Waals surface area contributed by atoms with Crippen LogP contribution < -0.4 is 0 Å². The van der Waals surface area contributed by atoms with Crippen LogP contribution in [0.5, 0.6) is 0 Å². The number of carbonyl (C=O) groups is 2. The first-order valence-corrected chi connectivity index (χ1v) is 5.56. The van der Waals surface area contributed by atoms with E-state index in [9.17, 15) is 35.9 Å². The number of carbonyl (C=O) groups excluding carboxylic acids is 2. The summed E-state index contributed by atoms with van der Waals surface area (Å²) in [4.78, 5) is 20.4. The Labute approximate surface area is 108 Å². The molecule has 0 aromatic heterocycles. The summed E-state index contributed by atoms with van der Waals surface area (Å²) in [5, 5.41) is 0. The third-order valence-electron chi connectivity index (χ3n) is 0.795.